The summed E-state index contributed by atoms with van der Waals surface area (Å²) in [4.78, 5) is 46.2. The summed E-state index contributed by atoms with van der Waals surface area (Å²) in [6, 6.07) is 3.39. The maximum absolute atomic E-state index is 12.5. The SMILES string of the molecule is Cc1nc(OCC2CNC(=O)C2)c(C)c2c1CC(CNCCC1CN(c3ccc4c(n3)NC(=O)CO4)C(=O)O1)C2. The van der Waals surface area contributed by atoms with Gasteiger partial charge in [-0.15, -0.1) is 0 Å². The second-order valence-electron chi connectivity index (χ2n) is 11.0. The Morgan fingerprint density at radius 3 is 2.75 bits per heavy atom. The van der Waals surface area contributed by atoms with E-state index in [-0.39, 0.29) is 30.4 Å². The number of anilines is 2. The van der Waals surface area contributed by atoms with Gasteiger partial charge in [0, 0.05) is 30.1 Å². The molecular formula is C28H34N6O6. The van der Waals surface area contributed by atoms with E-state index in [1.807, 2.05) is 6.92 Å². The topological polar surface area (TPSA) is 144 Å². The summed E-state index contributed by atoms with van der Waals surface area (Å²) in [5, 5.41) is 9.06. The highest BCUT2D eigenvalue weighted by atomic mass is 16.6. The molecule has 0 aromatic carbocycles. The minimum atomic E-state index is -0.445. The van der Waals surface area contributed by atoms with Crippen LogP contribution in [-0.4, -0.2) is 73.4 Å². The van der Waals surface area contributed by atoms with Gasteiger partial charge in [0.2, 0.25) is 11.8 Å². The van der Waals surface area contributed by atoms with Crippen LogP contribution < -0.4 is 30.3 Å². The molecule has 1 aliphatic carbocycles. The minimum absolute atomic E-state index is 0.0457. The number of carbonyl (C=O) groups excluding carboxylic acids is 3. The van der Waals surface area contributed by atoms with Crippen molar-refractivity contribution in [3.05, 3.63) is 34.5 Å². The van der Waals surface area contributed by atoms with E-state index < -0.39 is 6.09 Å². The summed E-state index contributed by atoms with van der Waals surface area (Å²) >= 11 is 0. The van der Waals surface area contributed by atoms with Crippen molar-refractivity contribution in [1.82, 2.24) is 20.6 Å². The molecular weight excluding hydrogens is 516 g/mol. The van der Waals surface area contributed by atoms with Crippen molar-refractivity contribution in [3.63, 3.8) is 0 Å². The Hall–Kier alpha value is -3.93. The molecule has 12 nitrogen and oxygen atoms in total. The average molecular weight is 551 g/mol. The van der Waals surface area contributed by atoms with Gasteiger partial charge in [0.1, 0.15) is 11.9 Å². The Labute approximate surface area is 232 Å². The van der Waals surface area contributed by atoms with Gasteiger partial charge in [-0.2, -0.15) is 0 Å². The molecule has 2 saturated heterocycles. The number of fused-ring (bicyclic) bond motifs is 2. The molecule has 3 amide bonds. The van der Waals surface area contributed by atoms with Gasteiger partial charge in [0.15, 0.2) is 18.2 Å². The highest BCUT2D eigenvalue weighted by Crippen LogP contribution is 2.35. The van der Waals surface area contributed by atoms with Crippen LogP contribution in [0.5, 0.6) is 11.6 Å². The second kappa shape index (κ2) is 10.9. The Bertz CT molecular complexity index is 1350. The monoisotopic (exact) mass is 550 g/mol. The van der Waals surface area contributed by atoms with Crippen LogP contribution in [0.1, 0.15) is 35.2 Å². The zero-order chi connectivity index (χ0) is 27.8. The molecule has 3 N–H and O–H groups in total. The van der Waals surface area contributed by atoms with Crippen LogP contribution in [0.3, 0.4) is 0 Å². The van der Waals surface area contributed by atoms with Crippen LogP contribution in [0, 0.1) is 25.7 Å². The lowest BCUT2D eigenvalue weighted by Gasteiger charge is -2.19. The fourth-order valence-corrected chi connectivity index (χ4v) is 5.87. The van der Waals surface area contributed by atoms with Gasteiger partial charge >= 0.3 is 6.09 Å². The number of hydrogen-bond acceptors (Lipinski definition) is 9. The number of hydrogen-bond donors (Lipinski definition) is 3. The number of aryl methyl sites for hydroxylation is 1. The third-order valence-corrected chi connectivity index (χ3v) is 8.03. The average Bonchev–Trinajstić information content (AvgIpc) is 3.66. The molecule has 0 spiro atoms. The Kier molecular flexibility index (Phi) is 7.18. The summed E-state index contributed by atoms with van der Waals surface area (Å²) in [6.45, 7) is 7.20. The Balaban J connectivity index is 0.971. The molecule has 5 heterocycles. The highest BCUT2D eigenvalue weighted by molar-refractivity contribution is 5.95. The fourth-order valence-electron chi connectivity index (χ4n) is 5.87. The third-order valence-electron chi connectivity index (χ3n) is 8.03. The molecule has 3 atom stereocenters. The molecule has 6 rings (SSSR count). The summed E-state index contributed by atoms with van der Waals surface area (Å²) in [6.07, 6.45) is 2.44. The smallest absolute Gasteiger partial charge is 0.415 e. The highest BCUT2D eigenvalue weighted by Gasteiger charge is 2.34. The molecule has 2 aromatic heterocycles. The van der Waals surface area contributed by atoms with Gasteiger partial charge < -0.3 is 30.2 Å². The molecule has 0 radical (unpaired) electrons. The minimum Gasteiger partial charge on any atom is -0.480 e. The van der Waals surface area contributed by atoms with E-state index in [4.69, 9.17) is 19.2 Å². The molecule has 4 aliphatic rings. The maximum atomic E-state index is 12.5. The van der Waals surface area contributed by atoms with Crippen LogP contribution in [0.15, 0.2) is 12.1 Å². The van der Waals surface area contributed by atoms with Gasteiger partial charge in [-0.05, 0) is 75.4 Å². The zero-order valence-electron chi connectivity index (χ0n) is 22.7. The number of nitrogens with zero attached hydrogens (tertiary/aromatic N) is 3. The van der Waals surface area contributed by atoms with Gasteiger partial charge in [-0.1, -0.05) is 0 Å². The summed E-state index contributed by atoms with van der Waals surface area (Å²) in [7, 11) is 0. The van der Waals surface area contributed by atoms with E-state index in [1.54, 1.807) is 12.1 Å². The predicted molar refractivity (Wildman–Crippen MR) is 145 cm³/mol. The van der Waals surface area contributed by atoms with Gasteiger partial charge in [0.05, 0.1) is 13.2 Å². The summed E-state index contributed by atoms with van der Waals surface area (Å²) in [5.74, 6) is 2.35. The number of amides is 3. The third kappa shape index (κ3) is 5.40. The van der Waals surface area contributed by atoms with Crippen molar-refractivity contribution < 1.29 is 28.6 Å². The first-order chi connectivity index (χ1) is 19.3. The van der Waals surface area contributed by atoms with Crippen LogP contribution >= 0.6 is 0 Å². The number of nitrogens with one attached hydrogen (secondary N) is 3. The van der Waals surface area contributed by atoms with Crippen LogP contribution in [0.25, 0.3) is 0 Å². The second-order valence-corrected chi connectivity index (χ2v) is 11.0. The molecule has 12 heteroatoms. The quantitative estimate of drug-likeness (QED) is 0.397. The van der Waals surface area contributed by atoms with E-state index in [0.29, 0.717) is 61.7 Å². The number of pyridine rings is 2. The number of ether oxygens (including phenoxy) is 3. The standard InChI is InChI=1S/C28H34N6O6/c1-15-20-7-17(8-21(20)16(2)31-27(15)39-13-18-9-24(35)30-11-18)10-29-6-5-19-12-34(28(37)40-19)23-4-3-22-26(32-23)33-25(36)14-38-22/h3-4,17-19,29H,5-14H2,1-2H3,(H,30,35)(H,32,33,36). The number of aromatic nitrogens is 2. The first-order valence-corrected chi connectivity index (χ1v) is 13.8. The van der Waals surface area contributed by atoms with Gasteiger partial charge in [-0.3, -0.25) is 14.5 Å². The first kappa shape index (κ1) is 26.3. The lowest BCUT2D eigenvalue weighted by molar-refractivity contribution is -0.119. The van der Waals surface area contributed by atoms with E-state index >= 15 is 0 Å². The van der Waals surface area contributed by atoms with E-state index in [0.717, 1.165) is 37.2 Å². The summed E-state index contributed by atoms with van der Waals surface area (Å²) in [5.41, 5.74) is 4.75. The Morgan fingerprint density at radius 2 is 1.93 bits per heavy atom. The van der Waals surface area contributed by atoms with Gasteiger partial charge in [0.25, 0.3) is 5.91 Å². The predicted octanol–water partition coefficient (Wildman–Crippen LogP) is 1.66. The molecule has 2 aromatic rings. The van der Waals surface area contributed by atoms with Crippen LogP contribution in [0.2, 0.25) is 0 Å². The van der Waals surface area contributed by atoms with Gasteiger partial charge in [-0.25, -0.2) is 14.8 Å². The van der Waals surface area contributed by atoms with E-state index in [1.165, 1.54) is 16.0 Å². The number of rotatable bonds is 9. The van der Waals surface area contributed by atoms with Crippen molar-refractivity contribution >= 4 is 29.5 Å². The maximum Gasteiger partial charge on any atom is 0.415 e. The van der Waals surface area contributed by atoms with Crippen molar-refractivity contribution in [3.8, 4) is 11.6 Å². The molecule has 212 valence electrons. The molecule has 3 unspecified atom stereocenters. The van der Waals surface area contributed by atoms with E-state index in [9.17, 15) is 14.4 Å². The normalized spacial score (nSPS) is 23.3. The molecule has 0 saturated carbocycles. The number of cyclic esters (lactones) is 1. The molecule has 2 fully saturated rings. The van der Waals surface area contributed by atoms with Crippen molar-refractivity contribution in [2.45, 2.75) is 45.6 Å². The molecule has 0 bridgehead atoms. The fraction of sp³-hybridized carbons (Fsp3) is 0.536. The number of carbonyl (C=O) groups is 3. The van der Waals surface area contributed by atoms with Crippen LogP contribution in [0.4, 0.5) is 16.4 Å². The lowest BCUT2D eigenvalue weighted by atomic mass is 10.0. The van der Waals surface area contributed by atoms with Crippen molar-refractivity contribution in [2.75, 3.05) is 49.6 Å². The Morgan fingerprint density at radius 1 is 1.07 bits per heavy atom. The van der Waals surface area contributed by atoms with Crippen molar-refractivity contribution in [1.29, 1.82) is 0 Å². The first-order valence-electron chi connectivity index (χ1n) is 13.8. The summed E-state index contributed by atoms with van der Waals surface area (Å²) < 4.78 is 17.0. The van der Waals surface area contributed by atoms with E-state index in [2.05, 4.69) is 27.9 Å². The zero-order valence-corrected chi connectivity index (χ0v) is 22.7. The van der Waals surface area contributed by atoms with Crippen LogP contribution in [-0.2, 0) is 27.2 Å². The molecule has 3 aliphatic heterocycles. The lowest BCUT2D eigenvalue weighted by Crippen LogP contribution is -2.30. The van der Waals surface area contributed by atoms with Crippen molar-refractivity contribution in [2.24, 2.45) is 11.8 Å². The molecule has 40 heavy (non-hydrogen) atoms. The largest absolute Gasteiger partial charge is 0.480 e.